The van der Waals surface area contributed by atoms with Gasteiger partial charge in [0.05, 0.1) is 23.0 Å². The summed E-state index contributed by atoms with van der Waals surface area (Å²) in [7, 11) is -3.46. The fourth-order valence-corrected chi connectivity index (χ4v) is 4.57. The van der Waals surface area contributed by atoms with Gasteiger partial charge in [0.1, 0.15) is 5.76 Å². The second-order valence-corrected chi connectivity index (χ2v) is 9.07. The summed E-state index contributed by atoms with van der Waals surface area (Å²) in [5.74, 6) is 0.364. The van der Waals surface area contributed by atoms with E-state index in [0.29, 0.717) is 6.54 Å². The molecule has 6 nitrogen and oxygen atoms in total. The van der Waals surface area contributed by atoms with E-state index in [1.807, 2.05) is 19.1 Å². The predicted octanol–water partition coefficient (Wildman–Crippen LogP) is 2.71. The lowest BCUT2D eigenvalue weighted by molar-refractivity contribution is -0.121. The molecule has 1 saturated heterocycles. The molecule has 0 aliphatic carbocycles. The van der Waals surface area contributed by atoms with Crippen LogP contribution in [0.3, 0.4) is 0 Å². The molecule has 0 spiro atoms. The van der Waals surface area contributed by atoms with Gasteiger partial charge in [0.15, 0.2) is 9.84 Å². The number of carbonyl (C=O) groups is 1. The van der Waals surface area contributed by atoms with Gasteiger partial charge in [-0.25, -0.2) is 8.42 Å². The molecule has 3 rings (SSSR count). The number of hydrogen-bond acceptors (Lipinski definition) is 5. The van der Waals surface area contributed by atoms with Gasteiger partial charge < -0.3 is 9.73 Å². The number of nitrogens with zero attached hydrogens (tertiary/aromatic N) is 1. The second-order valence-electron chi connectivity index (χ2n) is 6.96. The van der Waals surface area contributed by atoms with E-state index >= 15 is 0 Å². The van der Waals surface area contributed by atoms with Gasteiger partial charge >= 0.3 is 0 Å². The van der Waals surface area contributed by atoms with E-state index < -0.39 is 9.84 Å². The zero-order valence-electron chi connectivity index (χ0n) is 15.6. The van der Waals surface area contributed by atoms with Crippen molar-refractivity contribution in [3.63, 3.8) is 0 Å². The highest BCUT2D eigenvalue weighted by molar-refractivity contribution is 7.91. The van der Waals surface area contributed by atoms with Crippen molar-refractivity contribution < 1.29 is 17.6 Å². The molecule has 1 aromatic carbocycles. The maximum atomic E-state index is 12.4. The van der Waals surface area contributed by atoms with Crippen molar-refractivity contribution in [3.05, 3.63) is 54.0 Å². The molecule has 0 unspecified atom stereocenters. The first-order valence-corrected chi connectivity index (χ1v) is 10.9. The Morgan fingerprint density at radius 1 is 1.19 bits per heavy atom. The molecule has 0 radical (unpaired) electrons. The lowest BCUT2D eigenvalue weighted by Gasteiger charge is -2.26. The van der Waals surface area contributed by atoms with Gasteiger partial charge in [-0.1, -0.05) is 17.7 Å². The SMILES string of the molecule is Cc1ccc(S(=O)(=O)CCC(=O)NC[C@@H](c2ccco2)N2CCCC2)cc1. The summed E-state index contributed by atoms with van der Waals surface area (Å²) in [6.07, 6.45) is 3.86. The standard InChI is InChI=1S/C20H26N2O4S/c1-16-6-8-17(9-7-16)27(24,25)14-10-20(23)21-15-18(19-5-4-13-26-19)22-11-2-3-12-22/h4-9,13,18H,2-3,10-12,14-15H2,1H3,(H,21,23)/t18-/m0/s1. The Hall–Kier alpha value is -2.12. The largest absolute Gasteiger partial charge is 0.468 e. The number of likely N-dealkylation sites (tertiary alicyclic amines) is 1. The quantitative estimate of drug-likeness (QED) is 0.750. The number of benzene rings is 1. The van der Waals surface area contributed by atoms with Gasteiger partial charge in [0.25, 0.3) is 0 Å². The van der Waals surface area contributed by atoms with Crippen molar-refractivity contribution in [2.75, 3.05) is 25.4 Å². The first-order chi connectivity index (χ1) is 13.0. The Balaban J connectivity index is 1.54. The molecule has 1 aromatic heterocycles. The summed E-state index contributed by atoms with van der Waals surface area (Å²) in [6.45, 7) is 4.27. The minimum absolute atomic E-state index is 0.0137. The van der Waals surface area contributed by atoms with Crippen LogP contribution in [0.2, 0.25) is 0 Å². The molecule has 27 heavy (non-hydrogen) atoms. The van der Waals surface area contributed by atoms with Crippen molar-refractivity contribution in [1.29, 1.82) is 0 Å². The number of amides is 1. The van der Waals surface area contributed by atoms with Crippen LogP contribution in [-0.2, 0) is 14.6 Å². The summed E-state index contributed by atoms with van der Waals surface area (Å²) in [4.78, 5) is 14.8. The van der Waals surface area contributed by atoms with Gasteiger partial charge in [-0.2, -0.15) is 0 Å². The third-order valence-electron chi connectivity index (χ3n) is 4.92. The minimum atomic E-state index is -3.46. The summed E-state index contributed by atoms with van der Waals surface area (Å²) in [5.41, 5.74) is 0.998. The third kappa shape index (κ3) is 5.20. The zero-order chi connectivity index (χ0) is 19.3. The smallest absolute Gasteiger partial charge is 0.221 e. The Morgan fingerprint density at radius 3 is 2.52 bits per heavy atom. The number of aryl methyl sites for hydroxylation is 1. The zero-order valence-corrected chi connectivity index (χ0v) is 16.4. The predicted molar refractivity (Wildman–Crippen MR) is 103 cm³/mol. The Labute approximate surface area is 160 Å². The molecule has 7 heteroatoms. The van der Waals surface area contributed by atoms with E-state index in [9.17, 15) is 13.2 Å². The number of hydrogen-bond donors (Lipinski definition) is 1. The molecule has 0 saturated carbocycles. The fraction of sp³-hybridized carbons (Fsp3) is 0.450. The molecule has 1 aliphatic rings. The molecule has 1 N–H and O–H groups in total. The monoisotopic (exact) mass is 390 g/mol. The normalized spacial score (nSPS) is 16.3. The van der Waals surface area contributed by atoms with E-state index in [-0.39, 0.29) is 29.0 Å². The third-order valence-corrected chi connectivity index (χ3v) is 6.66. The first kappa shape index (κ1) is 19.6. The maximum absolute atomic E-state index is 12.4. The average Bonchev–Trinajstić information content (AvgIpc) is 3.35. The summed E-state index contributed by atoms with van der Waals surface area (Å²) in [6, 6.07) is 10.4. The topological polar surface area (TPSA) is 79.6 Å². The van der Waals surface area contributed by atoms with Crippen molar-refractivity contribution in [1.82, 2.24) is 10.2 Å². The van der Waals surface area contributed by atoms with Crippen LogP contribution >= 0.6 is 0 Å². The molecule has 2 heterocycles. The summed E-state index contributed by atoms with van der Waals surface area (Å²) >= 11 is 0. The molecule has 146 valence electrons. The van der Waals surface area contributed by atoms with E-state index in [4.69, 9.17) is 4.42 Å². The van der Waals surface area contributed by atoms with Crippen molar-refractivity contribution in [2.45, 2.75) is 37.1 Å². The number of nitrogens with one attached hydrogen (secondary N) is 1. The Kier molecular flexibility index (Phi) is 6.34. The number of rotatable bonds is 8. The number of furan rings is 1. The van der Waals surface area contributed by atoms with E-state index in [1.165, 1.54) is 0 Å². The Bertz CT molecular complexity index is 839. The summed E-state index contributed by atoms with van der Waals surface area (Å²) in [5, 5.41) is 2.88. The van der Waals surface area contributed by atoms with E-state index in [2.05, 4.69) is 10.2 Å². The van der Waals surface area contributed by atoms with Crippen LogP contribution in [0, 0.1) is 6.92 Å². The van der Waals surface area contributed by atoms with Crippen LogP contribution in [0.5, 0.6) is 0 Å². The highest BCUT2D eigenvalue weighted by atomic mass is 32.2. The number of sulfone groups is 1. The Morgan fingerprint density at radius 2 is 1.89 bits per heavy atom. The maximum Gasteiger partial charge on any atom is 0.221 e. The minimum Gasteiger partial charge on any atom is -0.468 e. The van der Waals surface area contributed by atoms with Crippen LogP contribution in [0.1, 0.15) is 36.6 Å². The van der Waals surface area contributed by atoms with Crippen LogP contribution in [-0.4, -0.2) is 44.6 Å². The van der Waals surface area contributed by atoms with Crippen LogP contribution in [0.15, 0.2) is 52.0 Å². The highest BCUT2D eigenvalue weighted by Gasteiger charge is 2.26. The molecular weight excluding hydrogens is 364 g/mol. The first-order valence-electron chi connectivity index (χ1n) is 9.29. The molecule has 1 atom stereocenters. The van der Waals surface area contributed by atoms with Gasteiger partial charge in [-0.3, -0.25) is 9.69 Å². The van der Waals surface area contributed by atoms with Crippen molar-refractivity contribution in [2.24, 2.45) is 0 Å². The number of carbonyl (C=O) groups excluding carboxylic acids is 1. The van der Waals surface area contributed by atoms with E-state index in [1.54, 1.807) is 30.5 Å². The molecule has 0 bridgehead atoms. The van der Waals surface area contributed by atoms with Crippen LogP contribution < -0.4 is 5.32 Å². The fourth-order valence-electron chi connectivity index (χ4n) is 3.33. The van der Waals surface area contributed by atoms with Crippen molar-refractivity contribution >= 4 is 15.7 Å². The lowest BCUT2D eigenvalue weighted by Crippen LogP contribution is -2.37. The molecule has 1 fully saturated rings. The van der Waals surface area contributed by atoms with Gasteiger partial charge in [0, 0.05) is 13.0 Å². The van der Waals surface area contributed by atoms with Gasteiger partial charge in [-0.05, 0) is 57.1 Å². The molecule has 2 aromatic rings. The van der Waals surface area contributed by atoms with Gasteiger partial charge in [-0.15, -0.1) is 0 Å². The van der Waals surface area contributed by atoms with Crippen molar-refractivity contribution in [3.8, 4) is 0 Å². The summed E-state index contributed by atoms with van der Waals surface area (Å²) < 4.78 is 30.3. The average molecular weight is 391 g/mol. The van der Waals surface area contributed by atoms with Crippen LogP contribution in [0.4, 0.5) is 0 Å². The second kappa shape index (κ2) is 8.71. The van der Waals surface area contributed by atoms with Crippen LogP contribution in [0.25, 0.3) is 0 Å². The molecule has 1 aliphatic heterocycles. The lowest BCUT2D eigenvalue weighted by atomic mass is 10.2. The molecular formula is C20H26N2O4S. The van der Waals surface area contributed by atoms with E-state index in [0.717, 1.165) is 37.3 Å². The van der Waals surface area contributed by atoms with Gasteiger partial charge in [0.2, 0.25) is 5.91 Å². The molecule has 1 amide bonds. The highest BCUT2D eigenvalue weighted by Crippen LogP contribution is 2.25.